The average Bonchev–Trinajstić information content (AvgIpc) is 2.15. The highest BCUT2D eigenvalue weighted by Crippen LogP contribution is 2.33. The fraction of sp³-hybridized carbons (Fsp3) is 0.400. The van der Waals surface area contributed by atoms with Crippen LogP contribution in [0.4, 0.5) is 5.69 Å². The zero-order valence-electron chi connectivity index (χ0n) is 8.70. The van der Waals surface area contributed by atoms with Crippen LogP contribution in [-0.2, 0) is 0 Å². The van der Waals surface area contributed by atoms with Gasteiger partial charge >= 0.3 is 0 Å². The Bertz CT molecular complexity index is 432. The standard InChI is InChI=1S/C10H11BrN2O3/c1-6-2-10(16-7-4-12-5-7)8(11)3-9(6)13(14)15/h2-3,7,12H,4-5H2,1H3. The molecule has 0 radical (unpaired) electrons. The van der Waals surface area contributed by atoms with Gasteiger partial charge in [-0.05, 0) is 28.9 Å². The quantitative estimate of drug-likeness (QED) is 0.682. The van der Waals surface area contributed by atoms with Crippen molar-refractivity contribution in [2.45, 2.75) is 13.0 Å². The van der Waals surface area contributed by atoms with Crippen LogP contribution in [-0.4, -0.2) is 24.1 Å². The normalized spacial score (nSPS) is 15.6. The molecule has 0 aromatic heterocycles. The van der Waals surface area contributed by atoms with E-state index in [-0.39, 0.29) is 11.8 Å². The number of nitro groups is 1. The minimum Gasteiger partial charge on any atom is -0.487 e. The van der Waals surface area contributed by atoms with Gasteiger partial charge in [-0.15, -0.1) is 0 Å². The van der Waals surface area contributed by atoms with Gasteiger partial charge < -0.3 is 10.1 Å². The summed E-state index contributed by atoms with van der Waals surface area (Å²) in [6.45, 7) is 3.35. The maximum Gasteiger partial charge on any atom is 0.273 e. The summed E-state index contributed by atoms with van der Waals surface area (Å²) in [6, 6.07) is 3.18. The fourth-order valence-electron chi connectivity index (χ4n) is 1.46. The predicted molar refractivity (Wildman–Crippen MR) is 62.8 cm³/mol. The summed E-state index contributed by atoms with van der Waals surface area (Å²) in [7, 11) is 0. The van der Waals surface area contributed by atoms with Crippen LogP contribution >= 0.6 is 15.9 Å². The summed E-state index contributed by atoms with van der Waals surface area (Å²) in [6.07, 6.45) is 0.164. The van der Waals surface area contributed by atoms with Crippen LogP contribution in [0.15, 0.2) is 16.6 Å². The highest BCUT2D eigenvalue weighted by molar-refractivity contribution is 9.10. The van der Waals surface area contributed by atoms with Crippen LogP contribution in [0.2, 0.25) is 0 Å². The van der Waals surface area contributed by atoms with E-state index in [1.54, 1.807) is 13.0 Å². The number of nitro benzene ring substituents is 1. The molecule has 1 aromatic carbocycles. The SMILES string of the molecule is Cc1cc(OC2CNC2)c(Br)cc1[N+](=O)[O-]. The molecule has 1 N–H and O–H groups in total. The minimum atomic E-state index is -0.394. The summed E-state index contributed by atoms with van der Waals surface area (Å²) in [5, 5.41) is 13.8. The van der Waals surface area contributed by atoms with Crippen LogP contribution in [0.1, 0.15) is 5.56 Å². The van der Waals surface area contributed by atoms with Crippen LogP contribution in [0.25, 0.3) is 0 Å². The van der Waals surface area contributed by atoms with Crippen molar-refractivity contribution in [2.24, 2.45) is 0 Å². The van der Waals surface area contributed by atoms with Crippen LogP contribution in [0.5, 0.6) is 5.75 Å². The summed E-state index contributed by atoms with van der Waals surface area (Å²) >= 11 is 3.28. The Labute approximate surface area is 101 Å². The van der Waals surface area contributed by atoms with E-state index in [0.29, 0.717) is 15.8 Å². The molecule has 0 aliphatic carbocycles. The van der Waals surface area contributed by atoms with Crippen molar-refractivity contribution >= 4 is 21.6 Å². The van der Waals surface area contributed by atoms with Gasteiger partial charge in [0, 0.05) is 24.7 Å². The molecule has 6 heteroatoms. The minimum absolute atomic E-state index is 0.103. The van der Waals surface area contributed by atoms with Gasteiger partial charge in [-0.1, -0.05) is 0 Å². The van der Waals surface area contributed by atoms with Crippen molar-refractivity contribution in [2.75, 3.05) is 13.1 Å². The molecular formula is C10H11BrN2O3. The van der Waals surface area contributed by atoms with Crippen LogP contribution < -0.4 is 10.1 Å². The highest BCUT2D eigenvalue weighted by atomic mass is 79.9. The van der Waals surface area contributed by atoms with Crippen molar-refractivity contribution in [3.05, 3.63) is 32.3 Å². The summed E-state index contributed by atoms with van der Waals surface area (Å²) < 4.78 is 6.29. The first-order valence-electron chi connectivity index (χ1n) is 4.90. The number of hydrogen-bond donors (Lipinski definition) is 1. The lowest BCUT2D eigenvalue weighted by Crippen LogP contribution is -2.50. The monoisotopic (exact) mass is 286 g/mol. The lowest BCUT2D eigenvalue weighted by atomic mass is 10.2. The average molecular weight is 287 g/mol. The molecule has 1 heterocycles. The molecule has 86 valence electrons. The molecular weight excluding hydrogens is 276 g/mol. The van der Waals surface area contributed by atoms with Crippen LogP contribution in [0.3, 0.4) is 0 Å². The lowest BCUT2D eigenvalue weighted by Gasteiger charge is -2.28. The Kier molecular flexibility index (Phi) is 3.11. The van der Waals surface area contributed by atoms with Gasteiger partial charge in [-0.3, -0.25) is 10.1 Å². The Morgan fingerprint density at radius 3 is 2.75 bits per heavy atom. The smallest absolute Gasteiger partial charge is 0.273 e. The molecule has 2 rings (SSSR count). The van der Waals surface area contributed by atoms with Crippen molar-refractivity contribution in [1.29, 1.82) is 0 Å². The molecule has 0 saturated carbocycles. The van der Waals surface area contributed by atoms with Crippen molar-refractivity contribution in [3.63, 3.8) is 0 Å². The number of rotatable bonds is 3. The number of benzene rings is 1. The van der Waals surface area contributed by atoms with Gasteiger partial charge in [-0.2, -0.15) is 0 Å². The molecule has 1 fully saturated rings. The maximum atomic E-state index is 10.7. The Hall–Kier alpha value is -1.14. The largest absolute Gasteiger partial charge is 0.487 e. The summed E-state index contributed by atoms with van der Waals surface area (Å²) in [4.78, 5) is 10.3. The second-order valence-corrected chi connectivity index (χ2v) is 4.58. The van der Waals surface area contributed by atoms with Gasteiger partial charge in [0.05, 0.1) is 9.40 Å². The third-order valence-electron chi connectivity index (χ3n) is 2.48. The molecule has 0 bridgehead atoms. The summed E-state index contributed by atoms with van der Waals surface area (Å²) in [5.74, 6) is 0.662. The molecule has 0 amide bonds. The Balaban J connectivity index is 2.25. The number of halogens is 1. The molecule has 0 spiro atoms. The van der Waals surface area contributed by atoms with E-state index < -0.39 is 4.92 Å². The second kappa shape index (κ2) is 4.39. The third kappa shape index (κ3) is 2.17. The predicted octanol–water partition coefficient (Wildman–Crippen LogP) is 2.02. The first kappa shape index (κ1) is 11.3. The number of nitrogens with one attached hydrogen (secondary N) is 1. The fourth-order valence-corrected chi connectivity index (χ4v) is 1.88. The van der Waals surface area contributed by atoms with E-state index in [1.165, 1.54) is 6.07 Å². The molecule has 0 unspecified atom stereocenters. The van der Waals surface area contributed by atoms with Crippen molar-refractivity contribution in [3.8, 4) is 5.75 Å². The van der Waals surface area contributed by atoms with E-state index >= 15 is 0 Å². The number of aryl methyl sites for hydroxylation is 1. The Morgan fingerprint density at radius 2 is 2.25 bits per heavy atom. The van der Waals surface area contributed by atoms with Gasteiger partial charge in [-0.25, -0.2) is 0 Å². The van der Waals surface area contributed by atoms with Crippen LogP contribution in [0, 0.1) is 17.0 Å². The third-order valence-corrected chi connectivity index (χ3v) is 3.10. The topological polar surface area (TPSA) is 64.4 Å². The zero-order chi connectivity index (χ0) is 11.7. The van der Waals surface area contributed by atoms with Gasteiger partial charge in [0.25, 0.3) is 5.69 Å². The van der Waals surface area contributed by atoms with Crippen molar-refractivity contribution < 1.29 is 9.66 Å². The highest BCUT2D eigenvalue weighted by Gasteiger charge is 2.21. The number of nitrogens with zero attached hydrogens (tertiary/aromatic N) is 1. The molecule has 1 saturated heterocycles. The van der Waals surface area contributed by atoms with Gasteiger partial charge in [0.2, 0.25) is 0 Å². The summed E-state index contributed by atoms with van der Waals surface area (Å²) in [5.41, 5.74) is 0.710. The number of ether oxygens (including phenoxy) is 1. The van der Waals surface area contributed by atoms with E-state index in [0.717, 1.165) is 13.1 Å². The molecule has 1 aliphatic heterocycles. The van der Waals surface area contributed by atoms with E-state index in [1.807, 2.05) is 0 Å². The van der Waals surface area contributed by atoms with Gasteiger partial charge in [0.15, 0.2) is 0 Å². The van der Waals surface area contributed by atoms with Crippen molar-refractivity contribution in [1.82, 2.24) is 5.32 Å². The molecule has 0 atom stereocenters. The Morgan fingerprint density at radius 1 is 1.56 bits per heavy atom. The van der Waals surface area contributed by atoms with E-state index in [4.69, 9.17) is 4.74 Å². The molecule has 5 nitrogen and oxygen atoms in total. The first-order chi connectivity index (χ1) is 7.58. The van der Waals surface area contributed by atoms with E-state index in [9.17, 15) is 10.1 Å². The number of hydrogen-bond acceptors (Lipinski definition) is 4. The second-order valence-electron chi connectivity index (χ2n) is 3.72. The molecule has 1 aliphatic rings. The van der Waals surface area contributed by atoms with Gasteiger partial charge in [0.1, 0.15) is 11.9 Å². The maximum absolute atomic E-state index is 10.7. The molecule has 1 aromatic rings. The lowest BCUT2D eigenvalue weighted by molar-refractivity contribution is -0.385. The first-order valence-corrected chi connectivity index (χ1v) is 5.69. The molecule has 16 heavy (non-hydrogen) atoms. The zero-order valence-corrected chi connectivity index (χ0v) is 10.3. The van der Waals surface area contributed by atoms with E-state index in [2.05, 4.69) is 21.2 Å².